The first kappa shape index (κ1) is 14.9. The van der Waals surface area contributed by atoms with Crippen molar-refractivity contribution in [3.05, 3.63) is 47.5 Å². The summed E-state index contributed by atoms with van der Waals surface area (Å²) in [7, 11) is 0. The minimum Gasteiger partial charge on any atom is -0.459 e. The van der Waals surface area contributed by atoms with Crippen LogP contribution in [0.25, 0.3) is 0 Å². The first-order valence-electron chi connectivity index (χ1n) is 6.29. The number of ether oxygens (including phenoxy) is 3. The molecule has 2 aliphatic heterocycles. The molecule has 21 heavy (non-hydrogen) atoms. The molecule has 0 amide bonds. The van der Waals surface area contributed by atoms with Crippen LogP contribution in [0.4, 0.5) is 0 Å². The van der Waals surface area contributed by atoms with Gasteiger partial charge in [-0.3, -0.25) is 0 Å². The molecule has 0 aromatic heterocycles. The fourth-order valence-corrected chi connectivity index (χ4v) is 1.49. The number of hydrogen-bond acceptors (Lipinski definition) is 6. The standard InChI is InChI=1S/C8H4O3.C7H10O3/c9-7-5-3-1-2-4-6(5)8(10)11-7;1-5(2)7(8)10-4-6-3-9-6/h1-4H;6H,1,3-4H2,2H3. The van der Waals surface area contributed by atoms with Crippen LogP contribution in [0.3, 0.4) is 0 Å². The SMILES string of the molecule is C=C(C)C(=O)OCC1CO1.O=C1OC(=O)c2ccccc21. The van der Waals surface area contributed by atoms with Gasteiger partial charge in [0.2, 0.25) is 0 Å². The van der Waals surface area contributed by atoms with Crippen molar-refractivity contribution in [3.63, 3.8) is 0 Å². The normalized spacial score (nSPS) is 18.0. The summed E-state index contributed by atoms with van der Waals surface area (Å²) in [5, 5.41) is 0. The van der Waals surface area contributed by atoms with E-state index in [-0.39, 0.29) is 12.1 Å². The first-order valence-corrected chi connectivity index (χ1v) is 6.29. The van der Waals surface area contributed by atoms with Crippen LogP contribution in [0.15, 0.2) is 36.4 Å². The average molecular weight is 290 g/mol. The molecule has 2 heterocycles. The number of carbonyl (C=O) groups is 3. The van der Waals surface area contributed by atoms with E-state index < -0.39 is 11.9 Å². The molecule has 110 valence electrons. The van der Waals surface area contributed by atoms with Crippen molar-refractivity contribution in [2.24, 2.45) is 0 Å². The largest absolute Gasteiger partial charge is 0.459 e. The van der Waals surface area contributed by atoms with E-state index in [2.05, 4.69) is 11.3 Å². The van der Waals surface area contributed by atoms with E-state index in [1.54, 1.807) is 31.2 Å². The summed E-state index contributed by atoms with van der Waals surface area (Å²) < 4.78 is 13.9. The molecular weight excluding hydrogens is 276 g/mol. The maximum absolute atomic E-state index is 10.8. The second-order valence-electron chi connectivity index (χ2n) is 4.56. The van der Waals surface area contributed by atoms with E-state index in [1.165, 1.54) is 0 Å². The van der Waals surface area contributed by atoms with Crippen LogP contribution in [-0.4, -0.2) is 37.2 Å². The average Bonchev–Trinajstić information content (AvgIpc) is 3.24. The van der Waals surface area contributed by atoms with Crippen LogP contribution in [-0.2, 0) is 19.0 Å². The molecule has 1 atom stereocenters. The molecule has 1 saturated heterocycles. The van der Waals surface area contributed by atoms with Crippen LogP contribution in [0.2, 0.25) is 0 Å². The fraction of sp³-hybridized carbons (Fsp3) is 0.267. The highest BCUT2D eigenvalue weighted by Crippen LogP contribution is 2.18. The molecule has 1 fully saturated rings. The molecule has 0 N–H and O–H groups in total. The maximum Gasteiger partial charge on any atom is 0.346 e. The highest BCUT2D eigenvalue weighted by Gasteiger charge is 2.28. The molecule has 0 spiro atoms. The third-order valence-corrected chi connectivity index (χ3v) is 2.70. The van der Waals surface area contributed by atoms with Gasteiger partial charge < -0.3 is 14.2 Å². The Balaban J connectivity index is 0.000000155. The Kier molecular flexibility index (Phi) is 4.49. The zero-order valence-electron chi connectivity index (χ0n) is 11.5. The molecule has 6 heteroatoms. The van der Waals surface area contributed by atoms with Gasteiger partial charge in [-0.05, 0) is 19.1 Å². The zero-order valence-corrected chi connectivity index (χ0v) is 11.5. The van der Waals surface area contributed by atoms with Gasteiger partial charge in [0.25, 0.3) is 0 Å². The highest BCUT2D eigenvalue weighted by molar-refractivity contribution is 6.14. The van der Waals surface area contributed by atoms with Gasteiger partial charge in [0, 0.05) is 5.57 Å². The third kappa shape index (κ3) is 4.00. The molecule has 0 radical (unpaired) electrons. The van der Waals surface area contributed by atoms with Crippen LogP contribution in [0.5, 0.6) is 0 Å². The van der Waals surface area contributed by atoms with E-state index in [0.717, 1.165) is 0 Å². The number of fused-ring (bicyclic) bond motifs is 1. The van der Waals surface area contributed by atoms with Crippen molar-refractivity contribution >= 4 is 17.9 Å². The van der Waals surface area contributed by atoms with Gasteiger partial charge in [-0.15, -0.1) is 0 Å². The highest BCUT2D eigenvalue weighted by atomic mass is 16.6. The zero-order chi connectivity index (χ0) is 15.4. The van der Waals surface area contributed by atoms with Crippen molar-refractivity contribution in [2.45, 2.75) is 13.0 Å². The fourth-order valence-electron chi connectivity index (χ4n) is 1.49. The molecule has 0 bridgehead atoms. The molecule has 1 aromatic rings. The molecule has 0 saturated carbocycles. The minimum absolute atomic E-state index is 0.142. The van der Waals surface area contributed by atoms with Crippen molar-refractivity contribution < 1.29 is 28.6 Å². The lowest BCUT2D eigenvalue weighted by molar-refractivity contribution is -0.139. The summed E-state index contributed by atoms with van der Waals surface area (Å²) in [5.41, 5.74) is 1.15. The molecule has 0 aliphatic carbocycles. The summed E-state index contributed by atoms with van der Waals surface area (Å²) in [6.07, 6.45) is 0.142. The van der Waals surface area contributed by atoms with Crippen LogP contribution in [0, 0.1) is 0 Å². The predicted molar refractivity (Wildman–Crippen MR) is 71.7 cm³/mol. The van der Waals surface area contributed by atoms with Gasteiger partial charge in [0.15, 0.2) is 0 Å². The number of benzene rings is 1. The van der Waals surface area contributed by atoms with E-state index in [0.29, 0.717) is 29.9 Å². The summed E-state index contributed by atoms with van der Waals surface area (Å²) >= 11 is 0. The van der Waals surface area contributed by atoms with Crippen molar-refractivity contribution in [3.8, 4) is 0 Å². The van der Waals surface area contributed by atoms with Crippen molar-refractivity contribution in [2.75, 3.05) is 13.2 Å². The number of cyclic esters (lactones) is 2. The lowest BCUT2D eigenvalue weighted by Gasteiger charge is -1.99. The molecule has 6 nitrogen and oxygen atoms in total. The second kappa shape index (κ2) is 6.32. The van der Waals surface area contributed by atoms with Gasteiger partial charge in [-0.1, -0.05) is 18.7 Å². The summed E-state index contributed by atoms with van der Waals surface area (Å²) in [6.45, 7) is 6.14. The van der Waals surface area contributed by atoms with Crippen LogP contribution >= 0.6 is 0 Å². The van der Waals surface area contributed by atoms with E-state index >= 15 is 0 Å². The van der Waals surface area contributed by atoms with Crippen LogP contribution in [0.1, 0.15) is 27.6 Å². The molecule has 1 unspecified atom stereocenters. The van der Waals surface area contributed by atoms with Crippen LogP contribution < -0.4 is 0 Å². The second-order valence-corrected chi connectivity index (χ2v) is 4.56. The Morgan fingerprint density at radius 3 is 2.24 bits per heavy atom. The third-order valence-electron chi connectivity index (χ3n) is 2.70. The lowest BCUT2D eigenvalue weighted by Crippen LogP contribution is -2.09. The van der Waals surface area contributed by atoms with Gasteiger partial charge in [-0.2, -0.15) is 0 Å². The maximum atomic E-state index is 10.8. The Labute approximate surface area is 121 Å². The smallest absolute Gasteiger partial charge is 0.346 e. The Hall–Kier alpha value is -2.47. The lowest BCUT2D eigenvalue weighted by atomic mass is 10.1. The summed E-state index contributed by atoms with van der Waals surface area (Å²) in [6, 6.07) is 6.53. The molecular formula is C15H14O6. The Morgan fingerprint density at radius 2 is 1.81 bits per heavy atom. The topological polar surface area (TPSA) is 82.2 Å². The van der Waals surface area contributed by atoms with Crippen molar-refractivity contribution in [1.29, 1.82) is 0 Å². The van der Waals surface area contributed by atoms with Gasteiger partial charge >= 0.3 is 17.9 Å². The number of hydrogen-bond donors (Lipinski definition) is 0. The minimum atomic E-state index is -0.550. The Bertz CT molecular complexity index is 567. The monoisotopic (exact) mass is 290 g/mol. The Morgan fingerprint density at radius 1 is 1.29 bits per heavy atom. The van der Waals surface area contributed by atoms with E-state index in [4.69, 9.17) is 9.47 Å². The quantitative estimate of drug-likeness (QED) is 0.363. The van der Waals surface area contributed by atoms with Gasteiger partial charge in [0.05, 0.1) is 17.7 Å². The van der Waals surface area contributed by atoms with E-state index in [9.17, 15) is 14.4 Å². The molecule has 3 rings (SSSR count). The molecule has 2 aliphatic rings. The summed E-state index contributed by atoms with van der Waals surface area (Å²) in [5.74, 6) is -1.44. The van der Waals surface area contributed by atoms with Gasteiger partial charge in [0.1, 0.15) is 12.7 Å². The first-order chi connectivity index (χ1) is 9.99. The van der Waals surface area contributed by atoms with E-state index in [1.807, 2.05) is 0 Å². The number of epoxide rings is 1. The number of esters is 3. The number of rotatable bonds is 3. The number of carbonyl (C=O) groups excluding carboxylic acids is 3. The molecule has 1 aromatic carbocycles. The van der Waals surface area contributed by atoms with Crippen molar-refractivity contribution in [1.82, 2.24) is 0 Å². The summed E-state index contributed by atoms with van der Waals surface area (Å²) in [4.78, 5) is 32.4. The predicted octanol–water partition coefficient (Wildman–Crippen LogP) is 1.50. The van der Waals surface area contributed by atoms with Gasteiger partial charge in [-0.25, -0.2) is 14.4 Å².